The highest BCUT2D eigenvalue weighted by molar-refractivity contribution is 5.94. The van der Waals surface area contributed by atoms with E-state index in [-0.39, 0.29) is 17.3 Å². The quantitative estimate of drug-likeness (QED) is 0.650. The van der Waals surface area contributed by atoms with Crippen molar-refractivity contribution in [2.75, 3.05) is 24.3 Å². The SMILES string of the molecule is CC(Oc1cccc([N+](=O)[O-])c1)C(=O)Nc1ccc(N(C)C)cc1. The predicted molar refractivity (Wildman–Crippen MR) is 92.6 cm³/mol. The number of anilines is 2. The van der Waals surface area contributed by atoms with Crippen molar-refractivity contribution >= 4 is 23.0 Å². The number of ether oxygens (including phenoxy) is 1. The first-order valence-corrected chi connectivity index (χ1v) is 7.36. The third-order valence-electron chi connectivity index (χ3n) is 3.36. The van der Waals surface area contributed by atoms with Crippen LogP contribution in [-0.2, 0) is 4.79 Å². The minimum absolute atomic E-state index is 0.0839. The molecule has 0 aliphatic rings. The number of rotatable bonds is 6. The number of amides is 1. The van der Waals surface area contributed by atoms with Crippen LogP contribution in [0.25, 0.3) is 0 Å². The first-order chi connectivity index (χ1) is 11.4. The van der Waals surface area contributed by atoms with Gasteiger partial charge in [0.1, 0.15) is 5.75 Å². The summed E-state index contributed by atoms with van der Waals surface area (Å²) < 4.78 is 5.48. The second-order valence-electron chi connectivity index (χ2n) is 5.45. The van der Waals surface area contributed by atoms with E-state index in [1.54, 1.807) is 25.1 Å². The zero-order valence-corrected chi connectivity index (χ0v) is 13.7. The van der Waals surface area contributed by atoms with Crippen LogP contribution in [0.1, 0.15) is 6.92 Å². The first-order valence-electron chi connectivity index (χ1n) is 7.36. The summed E-state index contributed by atoms with van der Waals surface area (Å²) in [7, 11) is 3.87. The highest BCUT2D eigenvalue weighted by Crippen LogP contribution is 2.21. The lowest BCUT2D eigenvalue weighted by atomic mass is 10.2. The van der Waals surface area contributed by atoms with Gasteiger partial charge < -0.3 is 15.0 Å². The minimum Gasteiger partial charge on any atom is -0.481 e. The molecule has 7 nitrogen and oxygen atoms in total. The number of carbonyl (C=O) groups is 1. The maximum atomic E-state index is 12.2. The molecule has 1 amide bonds. The van der Waals surface area contributed by atoms with Gasteiger partial charge >= 0.3 is 0 Å². The smallest absolute Gasteiger partial charge is 0.273 e. The van der Waals surface area contributed by atoms with Crippen LogP contribution in [0, 0.1) is 10.1 Å². The molecule has 0 aromatic heterocycles. The molecule has 0 fully saturated rings. The van der Waals surface area contributed by atoms with Crippen LogP contribution < -0.4 is 15.0 Å². The molecular formula is C17H19N3O4. The molecule has 0 saturated carbocycles. The van der Waals surface area contributed by atoms with E-state index in [2.05, 4.69) is 5.32 Å². The van der Waals surface area contributed by atoms with Gasteiger partial charge in [-0.3, -0.25) is 14.9 Å². The van der Waals surface area contributed by atoms with Crippen LogP contribution in [0.2, 0.25) is 0 Å². The van der Waals surface area contributed by atoms with Crippen LogP contribution in [0.5, 0.6) is 5.75 Å². The van der Waals surface area contributed by atoms with Crippen LogP contribution in [-0.4, -0.2) is 31.0 Å². The Labute approximate surface area is 140 Å². The monoisotopic (exact) mass is 329 g/mol. The second kappa shape index (κ2) is 7.45. The summed E-state index contributed by atoms with van der Waals surface area (Å²) in [5.41, 5.74) is 1.59. The third-order valence-corrected chi connectivity index (χ3v) is 3.36. The van der Waals surface area contributed by atoms with Gasteiger partial charge in [-0.05, 0) is 37.3 Å². The fourth-order valence-corrected chi connectivity index (χ4v) is 2.01. The molecule has 1 N–H and O–H groups in total. The molecule has 2 aromatic carbocycles. The Morgan fingerprint density at radius 3 is 2.46 bits per heavy atom. The highest BCUT2D eigenvalue weighted by Gasteiger charge is 2.16. The summed E-state index contributed by atoms with van der Waals surface area (Å²) >= 11 is 0. The largest absolute Gasteiger partial charge is 0.481 e. The van der Waals surface area contributed by atoms with Crippen molar-refractivity contribution in [3.8, 4) is 5.75 Å². The summed E-state index contributed by atoms with van der Waals surface area (Å²) in [6.45, 7) is 1.59. The van der Waals surface area contributed by atoms with Gasteiger partial charge in [0, 0.05) is 31.5 Å². The molecule has 126 valence electrons. The van der Waals surface area contributed by atoms with Crippen LogP contribution >= 0.6 is 0 Å². The first kappa shape index (κ1) is 17.3. The average Bonchev–Trinajstić information content (AvgIpc) is 2.55. The molecule has 0 radical (unpaired) electrons. The topological polar surface area (TPSA) is 84.7 Å². The summed E-state index contributed by atoms with van der Waals surface area (Å²) in [6, 6.07) is 13.1. The molecule has 2 aromatic rings. The molecule has 1 unspecified atom stereocenters. The fraction of sp³-hybridized carbons (Fsp3) is 0.235. The lowest BCUT2D eigenvalue weighted by Gasteiger charge is -2.16. The fourth-order valence-electron chi connectivity index (χ4n) is 2.01. The molecule has 0 aliphatic heterocycles. The average molecular weight is 329 g/mol. The van der Waals surface area contributed by atoms with Crippen molar-refractivity contribution in [2.24, 2.45) is 0 Å². The maximum Gasteiger partial charge on any atom is 0.273 e. The number of hydrogen-bond acceptors (Lipinski definition) is 5. The van der Waals surface area contributed by atoms with Gasteiger partial charge in [-0.2, -0.15) is 0 Å². The number of nitro benzene ring substituents is 1. The van der Waals surface area contributed by atoms with Crippen molar-refractivity contribution in [2.45, 2.75) is 13.0 Å². The maximum absolute atomic E-state index is 12.2. The van der Waals surface area contributed by atoms with E-state index < -0.39 is 11.0 Å². The van der Waals surface area contributed by atoms with Crippen molar-refractivity contribution in [3.05, 3.63) is 58.6 Å². The van der Waals surface area contributed by atoms with E-state index >= 15 is 0 Å². The van der Waals surface area contributed by atoms with E-state index in [1.807, 2.05) is 31.1 Å². The molecule has 0 aliphatic carbocycles. The van der Waals surface area contributed by atoms with E-state index in [4.69, 9.17) is 4.74 Å². The van der Waals surface area contributed by atoms with E-state index in [1.165, 1.54) is 18.2 Å². The van der Waals surface area contributed by atoms with E-state index in [0.717, 1.165) is 5.69 Å². The summed E-state index contributed by atoms with van der Waals surface area (Å²) in [4.78, 5) is 24.4. The number of carbonyl (C=O) groups excluding carboxylic acids is 1. The van der Waals surface area contributed by atoms with Crippen molar-refractivity contribution in [1.82, 2.24) is 0 Å². The van der Waals surface area contributed by atoms with Gasteiger partial charge in [-0.25, -0.2) is 0 Å². The third kappa shape index (κ3) is 4.45. The van der Waals surface area contributed by atoms with Gasteiger partial charge in [0.05, 0.1) is 11.0 Å². The Hall–Kier alpha value is -3.09. The Bertz CT molecular complexity index is 729. The lowest BCUT2D eigenvalue weighted by Crippen LogP contribution is -2.30. The summed E-state index contributed by atoms with van der Waals surface area (Å²) in [5.74, 6) is -0.0612. The van der Waals surface area contributed by atoms with Crippen molar-refractivity contribution in [1.29, 1.82) is 0 Å². The van der Waals surface area contributed by atoms with Crippen LogP contribution in [0.4, 0.5) is 17.1 Å². The lowest BCUT2D eigenvalue weighted by molar-refractivity contribution is -0.384. The van der Waals surface area contributed by atoms with Gasteiger partial charge in [-0.1, -0.05) is 6.07 Å². The molecule has 1 atom stereocenters. The molecule has 0 bridgehead atoms. The number of nitrogens with zero attached hydrogens (tertiary/aromatic N) is 2. The molecule has 24 heavy (non-hydrogen) atoms. The zero-order chi connectivity index (χ0) is 17.7. The number of hydrogen-bond donors (Lipinski definition) is 1. The second-order valence-corrected chi connectivity index (χ2v) is 5.45. The van der Waals surface area contributed by atoms with Gasteiger partial charge in [-0.15, -0.1) is 0 Å². The van der Waals surface area contributed by atoms with Crippen molar-refractivity contribution in [3.63, 3.8) is 0 Å². The normalized spacial score (nSPS) is 11.5. The molecule has 7 heteroatoms. The Morgan fingerprint density at radius 2 is 1.88 bits per heavy atom. The van der Waals surface area contributed by atoms with E-state index in [9.17, 15) is 14.9 Å². The Kier molecular flexibility index (Phi) is 5.36. The molecule has 0 saturated heterocycles. The number of non-ortho nitro benzene ring substituents is 1. The van der Waals surface area contributed by atoms with Gasteiger partial charge in [0.15, 0.2) is 6.10 Å². The summed E-state index contributed by atoms with van der Waals surface area (Å²) in [5, 5.41) is 13.5. The Morgan fingerprint density at radius 1 is 1.21 bits per heavy atom. The Balaban J connectivity index is 1.99. The molecule has 0 spiro atoms. The number of benzene rings is 2. The van der Waals surface area contributed by atoms with Gasteiger partial charge in [0.25, 0.3) is 11.6 Å². The molecular weight excluding hydrogens is 310 g/mol. The van der Waals surface area contributed by atoms with E-state index in [0.29, 0.717) is 5.69 Å². The summed E-state index contributed by atoms with van der Waals surface area (Å²) in [6.07, 6.45) is -0.791. The minimum atomic E-state index is -0.791. The highest BCUT2D eigenvalue weighted by atomic mass is 16.6. The van der Waals surface area contributed by atoms with Gasteiger partial charge in [0.2, 0.25) is 0 Å². The zero-order valence-electron chi connectivity index (χ0n) is 13.7. The van der Waals surface area contributed by atoms with Crippen LogP contribution in [0.15, 0.2) is 48.5 Å². The number of nitro groups is 1. The van der Waals surface area contributed by atoms with Crippen molar-refractivity contribution < 1.29 is 14.5 Å². The standard InChI is InChI=1S/C17H19N3O4/c1-12(24-16-6-4-5-15(11-16)20(22)23)17(21)18-13-7-9-14(10-8-13)19(2)3/h4-12H,1-3H3,(H,18,21). The van der Waals surface area contributed by atoms with Crippen LogP contribution in [0.3, 0.4) is 0 Å². The molecule has 2 rings (SSSR count). The number of nitrogens with one attached hydrogen (secondary N) is 1. The molecule has 0 heterocycles. The predicted octanol–water partition coefficient (Wildman–Crippen LogP) is 3.07.